The third-order valence-corrected chi connectivity index (χ3v) is 22.4. The molecule has 0 unspecified atom stereocenters. The number of nitrogens with zero attached hydrogens (tertiary/aromatic N) is 3. The Bertz CT molecular complexity index is 4170. The van der Waals surface area contributed by atoms with Crippen LogP contribution in [0.25, 0.3) is 0 Å². The summed E-state index contributed by atoms with van der Waals surface area (Å²) in [5.41, 5.74) is 6.35. The van der Waals surface area contributed by atoms with Gasteiger partial charge in [0, 0.05) is 18.9 Å². The van der Waals surface area contributed by atoms with Crippen LogP contribution < -0.4 is 71.8 Å². The number of rotatable bonds is 35. The van der Waals surface area contributed by atoms with E-state index in [0.717, 1.165) is 89.0 Å². The number of benzene rings is 3. The summed E-state index contributed by atoms with van der Waals surface area (Å²) in [6.45, 7) is 22.3. The molecule has 0 spiro atoms. The Kier molecular flexibility index (Phi) is 54.1. The fraction of sp³-hybridized carbons (Fsp3) is 0.667. The number of carbonyl (C=O) groups excluding carboxylic acids is 8. The highest BCUT2D eigenvalue weighted by Crippen LogP contribution is 2.35. The van der Waals surface area contributed by atoms with E-state index < -0.39 is 87.3 Å². The molecule has 0 bridgehead atoms. The Morgan fingerprint density at radius 1 is 0.457 bits per heavy atom. The first-order chi connectivity index (χ1) is 60.0. The second-order valence-electron chi connectivity index (χ2n) is 33.7. The summed E-state index contributed by atoms with van der Waals surface area (Å²) < 4.78 is 136. The van der Waals surface area contributed by atoms with E-state index in [4.69, 9.17) is 59.3 Å². The number of nitrogens with one attached hydrogen (secondary N) is 6. The van der Waals surface area contributed by atoms with Crippen molar-refractivity contribution in [2.75, 3.05) is 42.7 Å². The molecule has 0 radical (unpaired) electrons. The number of halogens is 7. The van der Waals surface area contributed by atoms with Crippen molar-refractivity contribution in [3.05, 3.63) is 71.3 Å². The second-order valence-corrected chi connectivity index (χ2v) is 35.3. The number of Topliss-reactive ketones (excluding diaryl/α,β-unsaturated/α-hetero) is 2. The standard InChI is InChI=1S/C31H49N3O6.C26H41N3O4.C17H22F3N3O7S.C14H28N2O.C2HF3O2.ClH/c1-8-21(9-2)18-25(35)24(17-22-13-11-10-12-14-22)32-29(34-30(37)40-31(3,4)5)33-28(36)20-23-15-16-26(38-6)27(19-23)39-7;1-5-18(6-2)15-22(30)21(14-19-10-8-7-9-11-19)28-26(27)29-25(31)17-20-12-13-23(32-3)24(16-20)33-4;1-16(2,3)30-15(25)22-14(23-31(26,27)17(18,19)20)21-13(24)9-10-6-7-11(28-4)12(8-10)29-5;1-3-12(4-2)16-14(17)13(15)10-11-8-6-5-7-9-11;3-2(4,5)1(6)7;/h15-16,19,21-22,24H,8-14,17-18,20H2,1-7H3,(H2,32,33,34,36,37);12-13,16,18-19,21H,5-11,14-15,17H2,1-4H3,(H3,27,28,29,31);6-8H,9H2,1-5H3,(H2,21,22,23,24,25);11-13H,3-10,15H2,1-2H3,(H,16,17);(H,6,7);1H/t24-;21-;;13-;;/m11.1../s1. The van der Waals surface area contributed by atoms with Gasteiger partial charge in [-0.1, -0.05) is 182 Å². The van der Waals surface area contributed by atoms with Crippen LogP contribution in [-0.2, 0) is 72.3 Å². The Labute approximate surface area is 763 Å². The van der Waals surface area contributed by atoms with Gasteiger partial charge in [0.15, 0.2) is 52.0 Å². The van der Waals surface area contributed by atoms with Crippen LogP contribution in [0.15, 0.2) is 69.0 Å². The number of carboxylic acids is 1. The predicted molar refractivity (Wildman–Crippen MR) is 484 cm³/mol. The fourth-order valence-corrected chi connectivity index (χ4v) is 14.7. The maximum Gasteiger partial charge on any atom is 0.518 e. The van der Waals surface area contributed by atoms with Crippen LogP contribution in [0.3, 0.4) is 0 Å². The van der Waals surface area contributed by atoms with Crippen LogP contribution in [-0.4, -0.2) is 174 Å². The van der Waals surface area contributed by atoms with E-state index >= 15 is 0 Å². The number of hydrogen-bond donors (Lipinski definition) is 9. The van der Waals surface area contributed by atoms with Crippen LogP contribution >= 0.6 is 12.4 Å². The molecule has 3 aromatic carbocycles. The number of alkyl halides is 6. The van der Waals surface area contributed by atoms with E-state index in [2.05, 4.69) is 77.2 Å². The molecule has 39 heteroatoms. The van der Waals surface area contributed by atoms with Gasteiger partial charge in [0.05, 0.1) is 68.0 Å². The Hall–Kier alpha value is -9.72. The van der Waals surface area contributed by atoms with Crippen molar-refractivity contribution in [2.45, 2.75) is 316 Å². The molecule has 3 aliphatic rings. The first-order valence-electron chi connectivity index (χ1n) is 43.8. The van der Waals surface area contributed by atoms with Gasteiger partial charge in [0.2, 0.25) is 35.5 Å². The molecule has 3 aromatic rings. The van der Waals surface area contributed by atoms with Crippen molar-refractivity contribution in [2.24, 2.45) is 55.4 Å². The van der Waals surface area contributed by atoms with Gasteiger partial charge in [-0.25, -0.2) is 24.4 Å². The molecule has 0 heterocycles. The van der Waals surface area contributed by atoms with E-state index in [-0.39, 0.29) is 78.3 Å². The molecule has 11 N–H and O–H groups in total. The quantitative estimate of drug-likeness (QED) is 0.0150. The third-order valence-electron chi connectivity index (χ3n) is 21.4. The smallest absolute Gasteiger partial charge is 0.493 e. The topological polar surface area (TPSA) is 443 Å². The molecule has 129 heavy (non-hydrogen) atoms. The van der Waals surface area contributed by atoms with Crippen molar-refractivity contribution >= 4 is 93.7 Å². The van der Waals surface area contributed by atoms with Gasteiger partial charge in [0.25, 0.3) is 0 Å². The number of methoxy groups -OCH3 is 6. The first-order valence-corrected chi connectivity index (χ1v) is 45.3. The average Bonchev–Trinajstić information content (AvgIpc) is 0.805. The summed E-state index contributed by atoms with van der Waals surface area (Å²) in [5, 5.41) is 21.7. The number of aliphatic imine (C=N–C) groups is 2. The average molecular weight is 1880 g/mol. The van der Waals surface area contributed by atoms with Crippen molar-refractivity contribution in [1.29, 1.82) is 0 Å². The van der Waals surface area contributed by atoms with Crippen molar-refractivity contribution in [3.63, 3.8) is 0 Å². The van der Waals surface area contributed by atoms with Gasteiger partial charge in [0.1, 0.15) is 23.3 Å². The van der Waals surface area contributed by atoms with E-state index in [1.807, 2.05) is 5.32 Å². The number of guanidine groups is 3. The molecule has 6 amide bonds. The van der Waals surface area contributed by atoms with Gasteiger partial charge in [-0.2, -0.15) is 34.8 Å². The molecular weight excluding hydrogens is 1740 g/mol. The lowest BCUT2D eigenvalue weighted by atomic mass is 9.83. The number of carboxylic acid groups (broad SMARTS) is 1. The summed E-state index contributed by atoms with van der Waals surface area (Å²) in [4.78, 5) is 119. The van der Waals surface area contributed by atoms with Crippen LogP contribution in [0.4, 0.5) is 35.9 Å². The Balaban J connectivity index is 0.000000859. The van der Waals surface area contributed by atoms with Crippen molar-refractivity contribution < 1.29 is 121 Å². The molecule has 3 aliphatic carbocycles. The van der Waals surface area contributed by atoms with Crippen molar-refractivity contribution in [1.82, 2.24) is 31.9 Å². The summed E-state index contributed by atoms with van der Waals surface area (Å²) >= 11 is 0. The second kappa shape index (κ2) is 59.6. The Morgan fingerprint density at radius 2 is 0.767 bits per heavy atom. The molecule has 0 saturated heterocycles. The van der Waals surface area contributed by atoms with Gasteiger partial charge in [-0.15, -0.1) is 16.8 Å². The van der Waals surface area contributed by atoms with Crippen LogP contribution in [0.5, 0.6) is 34.5 Å². The molecule has 0 aliphatic heterocycles. The molecule has 6 rings (SSSR count). The lowest BCUT2D eigenvalue weighted by molar-refractivity contribution is -0.192. The van der Waals surface area contributed by atoms with Crippen LogP contribution in [0.2, 0.25) is 0 Å². The highest BCUT2D eigenvalue weighted by Gasteiger charge is 2.47. The maximum absolute atomic E-state index is 13.5. The number of hydrogen-bond acceptors (Lipinski definition) is 22. The van der Waals surface area contributed by atoms with Crippen LogP contribution in [0, 0.1) is 29.6 Å². The largest absolute Gasteiger partial charge is 0.518 e. The molecule has 3 atom stereocenters. The zero-order valence-electron chi connectivity index (χ0n) is 78.2. The fourth-order valence-electron chi connectivity index (χ4n) is 14.2. The number of nitrogens with two attached hydrogens (primary N) is 2. The molecule has 732 valence electrons. The summed E-state index contributed by atoms with van der Waals surface area (Å²) in [5.74, 6) is -0.445. The number of sulfonamides is 1. The monoisotopic (exact) mass is 1880 g/mol. The highest BCUT2D eigenvalue weighted by molar-refractivity contribution is 7.91. The zero-order valence-corrected chi connectivity index (χ0v) is 79.8. The van der Waals surface area contributed by atoms with Gasteiger partial charge >= 0.3 is 39.9 Å². The Morgan fingerprint density at radius 3 is 1.07 bits per heavy atom. The van der Waals surface area contributed by atoms with E-state index in [9.17, 15) is 73.1 Å². The molecule has 0 aromatic heterocycles. The lowest BCUT2D eigenvalue weighted by Crippen LogP contribution is -2.47. The third kappa shape index (κ3) is 47.6. The lowest BCUT2D eigenvalue weighted by Gasteiger charge is -2.26. The number of alkyl carbamates (subject to hydrolysis) is 2. The van der Waals surface area contributed by atoms with Crippen LogP contribution in [0.1, 0.15) is 267 Å². The van der Waals surface area contributed by atoms with Crippen molar-refractivity contribution in [3.8, 4) is 34.5 Å². The number of amides is 6. The summed E-state index contributed by atoms with van der Waals surface area (Å²) in [6, 6.07) is 13.8. The molecule has 31 nitrogen and oxygen atoms in total. The van der Waals surface area contributed by atoms with E-state index in [1.165, 1.54) is 118 Å². The summed E-state index contributed by atoms with van der Waals surface area (Å²) in [7, 11) is 2.90. The van der Waals surface area contributed by atoms with Gasteiger partial charge in [-0.05, 0) is 156 Å². The summed E-state index contributed by atoms with van der Waals surface area (Å²) in [6.07, 6.45) is 19.5. The number of carbonyl (C=O) groups is 9. The van der Waals surface area contributed by atoms with E-state index in [1.54, 1.807) is 83.8 Å². The number of aliphatic carboxylic acids is 1. The van der Waals surface area contributed by atoms with Gasteiger partial charge < -0.3 is 59.8 Å². The zero-order chi connectivity index (χ0) is 96.7. The molecule has 3 saturated carbocycles. The molecular formula is C90H142ClF6N11O20S. The number of ketones is 2. The number of ether oxygens (including phenoxy) is 8. The predicted octanol–water partition coefficient (Wildman–Crippen LogP) is 16.1. The first kappa shape index (κ1) is 117. The van der Waals surface area contributed by atoms with E-state index in [0.29, 0.717) is 95.3 Å². The minimum atomic E-state index is -6.06. The molecule has 3 fully saturated rings. The minimum Gasteiger partial charge on any atom is -0.493 e. The SMILES string of the molecule is CCC(CC)CC(=O)[C@@H](CC1CCCCC1)N=C(N)NC(=O)Cc1ccc(OC)c(OC)c1.CCC(CC)CC(=O)[C@@H](CC1CCCCC1)N=C(NC(=O)Cc1ccc(OC)c(OC)c1)NC(=O)OC(C)(C)C.CCC(CC)NC(=O)[C@H](N)CC1CCCCC1.COc1ccc(CC(=O)NC(=NS(=O)(=O)C(F)(F)F)NC(=O)OC(C)(C)C)cc1OC.Cl.O=C(O)C(F)(F)F. The minimum absolute atomic E-state index is 0. The maximum atomic E-state index is 13.5. The normalized spacial score (nSPS) is 15.0. The van der Waals surface area contributed by atoms with Gasteiger partial charge in [-0.3, -0.25) is 55.4 Å². The highest BCUT2D eigenvalue weighted by atomic mass is 35.5.